The lowest BCUT2D eigenvalue weighted by Gasteiger charge is -2.24. The van der Waals surface area contributed by atoms with Crippen LogP contribution in [0.3, 0.4) is 0 Å². The molecule has 0 bridgehead atoms. The van der Waals surface area contributed by atoms with Crippen LogP contribution in [0.25, 0.3) is 0 Å². The van der Waals surface area contributed by atoms with E-state index in [1.54, 1.807) is 6.20 Å². The minimum atomic E-state index is -1.28. The predicted octanol–water partition coefficient (Wildman–Crippen LogP) is 2.10. The number of hydrogen-bond donors (Lipinski definition) is 6. The number of aromatic nitrogens is 2. The summed E-state index contributed by atoms with van der Waals surface area (Å²) in [4.78, 5) is 54.5. The zero-order valence-corrected chi connectivity index (χ0v) is 25.6. The van der Waals surface area contributed by atoms with E-state index in [4.69, 9.17) is 5.73 Å². The van der Waals surface area contributed by atoms with Crippen molar-refractivity contribution in [1.82, 2.24) is 25.5 Å². The number of aliphatic carboxylic acids is 1. The predicted molar refractivity (Wildman–Crippen MR) is 170 cm³/mol. The summed E-state index contributed by atoms with van der Waals surface area (Å²) in [6.45, 7) is 6.32. The van der Waals surface area contributed by atoms with E-state index < -0.39 is 48.4 Å². The number of aliphatic hydroxyl groups excluding tert-OH is 1. The number of carboxylic acids is 1. The third kappa shape index (κ3) is 13.7. The molecule has 0 saturated carbocycles. The Morgan fingerprint density at radius 3 is 2.11 bits per heavy atom. The molecular weight excluding hydrogens is 564 g/mol. The molecule has 1 aromatic carbocycles. The molecule has 0 saturated heterocycles. The van der Waals surface area contributed by atoms with Crippen molar-refractivity contribution in [2.45, 2.75) is 104 Å². The molecule has 0 unspecified atom stereocenters. The Morgan fingerprint density at radius 2 is 1.55 bits per heavy atom. The van der Waals surface area contributed by atoms with Crippen LogP contribution in [0.1, 0.15) is 76.8 Å². The summed E-state index contributed by atoms with van der Waals surface area (Å²) in [6.07, 6.45) is 8.34. The number of rotatable bonds is 20. The number of hydrogen-bond acceptors (Lipinski definition) is 7. The number of aryl methyl sites for hydroxylation is 3. The van der Waals surface area contributed by atoms with E-state index >= 15 is 0 Å². The number of amides is 3. The van der Waals surface area contributed by atoms with E-state index in [0.29, 0.717) is 19.4 Å². The fourth-order valence-corrected chi connectivity index (χ4v) is 4.70. The molecule has 0 aliphatic heterocycles. The van der Waals surface area contributed by atoms with Gasteiger partial charge in [0.25, 0.3) is 0 Å². The molecule has 2 aromatic rings. The second-order valence-corrected chi connectivity index (χ2v) is 11.3. The topological polar surface area (TPSA) is 189 Å². The maximum absolute atomic E-state index is 13.0. The van der Waals surface area contributed by atoms with Crippen LogP contribution in [0.4, 0.5) is 0 Å². The van der Waals surface area contributed by atoms with E-state index in [1.165, 1.54) is 0 Å². The first-order valence-corrected chi connectivity index (χ1v) is 15.0. The van der Waals surface area contributed by atoms with Crippen molar-refractivity contribution in [2.24, 2.45) is 11.7 Å². The average Bonchev–Trinajstić information content (AvgIpc) is 3.37. The molecular formula is C32H52N6O6. The molecule has 3 atom stereocenters. The van der Waals surface area contributed by atoms with Gasteiger partial charge in [-0.3, -0.25) is 14.4 Å². The molecule has 0 fully saturated rings. The fraction of sp³-hybridized carbons (Fsp3) is 0.594. The summed E-state index contributed by atoms with van der Waals surface area (Å²) >= 11 is 0. The monoisotopic (exact) mass is 616 g/mol. The first kappa shape index (κ1) is 38.3. The van der Waals surface area contributed by atoms with Gasteiger partial charge in [0.1, 0.15) is 23.9 Å². The third-order valence-electron chi connectivity index (χ3n) is 7.16. The Morgan fingerprint density at radius 1 is 0.909 bits per heavy atom. The lowest BCUT2D eigenvalue weighted by molar-refractivity contribution is -0.142. The second-order valence-electron chi connectivity index (χ2n) is 11.3. The number of carbonyl (C=O) groups excluding carboxylic acids is 3. The Balaban J connectivity index is 0.00000968. The van der Waals surface area contributed by atoms with Crippen LogP contribution in [-0.2, 0) is 38.6 Å². The largest absolute Gasteiger partial charge is 0.480 e. The van der Waals surface area contributed by atoms with Gasteiger partial charge in [-0.2, -0.15) is 0 Å². The van der Waals surface area contributed by atoms with Crippen molar-refractivity contribution >= 4 is 23.7 Å². The molecule has 2 rings (SSSR count). The highest BCUT2D eigenvalue weighted by Gasteiger charge is 2.29. The van der Waals surface area contributed by atoms with Crippen LogP contribution in [0.2, 0.25) is 0 Å². The van der Waals surface area contributed by atoms with Gasteiger partial charge < -0.3 is 36.5 Å². The molecule has 1 heterocycles. The van der Waals surface area contributed by atoms with Crippen LogP contribution < -0.4 is 21.7 Å². The lowest BCUT2D eigenvalue weighted by Crippen LogP contribution is -2.56. The van der Waals surface area contributed by atoms with Gasteiger partial charge in [-0.05, 0) is 75.5 Å². The Kier molecular flexibility index (Phi) is 17.6. The molecule has 7 N–H and O–H groups in total. The summed E-state index contributed by atoms with van der Waals surface area (Å²) in [5, 5.41) is 26.9. The highest BCUT2D eigenvalue weighted by molar-refractivity contribution is 5.93. The molecule has 3 amide bonds. The summed E-state index contributed by atoms with van der Waals surface area (Å²) in [5.74, 6) is -1.96. The Labute approximate surface area is 261 Å². The smallest absolute Gasteiger partial charge is 0.326 e. The van der Waals surface area contributed by atoms with Crippen LogP contribution in [0, 0.1) is 12.8 Å². The third-order valence-corrected chi connectivity index (χ3v) is 7.16. The van der Waals surface area contributed by atoms with E-state index in [2.05, 4.69) is 25.5 Å². The van der Waals surface area contributed by atoms with Crippen molar-refractivity contribution in [3.05, 3.63) is 53.6 Å². The van der Waals surface area contributed by atoms with Gasteiger partial charge in [0, 0.05) is 18.9 Å². The Hall–Kier alpha value is -3.77. The van der Waals surface area contributed by atoms with Gasteiger partial charge in [-0.15, -0.1) is 0 Å². The van der Waals surface area contributed by atoms with Crippen molar-refractivity contribution in [3.8, 4) is 0 Å². The number of unbranched alkanes of at least 4 members (excludes halogenated alkanes) is 2. The number of aliphatic hydroxyl groups is 1. The van der Waals surface area contributed by atoms with Crippen LogP contribution in [-0.4, -0.2) is 74.7 Å². The Bertz CT molecular complexity index is 1170. The quantitative estimate of drug-likeness (QED) is 0.122. The summed E-state index contributed by atoms with van der Waals surface area (Å²) in [5.41, 5.74) is 7.49. The number of benzene rings is 1. The van der Waals surface area contributed by atoms with Gasteiger partial charge in [-0.25, -0.2) is 9.78 Å². The highest BCUT2D eigenvalue weighted by Crippen LogP contribution is 2.11. The van der Waals surface area contributed by atoms with Crippen LogP contribution in [0.15, 0.2) is 36.7 Å². The lowest BCUT2D eigenvalue weighted by atomic mass is 10.0. The minimum absolute atomic E-state index is 0. The number of carbonyl (C=O) groups is 4. The maximum Gasteiger partial charge on any atom is 0.326 e. The first-order valence-electron chi connectivity index (χ1n) is 15.0. The fourth-order valence-electron chi connectivity index (χ4n) is 4.70. The maximum atomic E-state index is 13.0. The van der Waals surface area contributed by atoms with Crippen molar-refractivity contribution in [2.75, 3.05) is 13.2 Å². The normalized spacial score (nSPS) is 13.0. The molecule has 12 nitrogen and oxygen atoms in total. The molecule has 246 valence electrons. The van der Waals surface area contributed by atoms with Crippen molar-refractivity contribution < 1.29 is 29.4 Å². The molecule has 0 radical (unpaired) electrons. The second kappa shape index (κ2) is 20.2. The average molecular weight is 617 g/mol. The van der Waals surface area contributed by atoms with E-state index in [9.17, 15) is 29.4 Å². The summed E-state index contributed by atoms with van der Waals surface area (Å²) in [6, 6.07) is 4.28. The summed E-state index contributed by atoms with van der Waals surface area (Å²) < 4.78 is 2.13. The van der Waals surface area contributed by atoms with Gasteiger partial charge in [0.15, 0.2) is 0 Å². The van der Waals surface area contributed by atoms with Gasteiger partial charge in [0.05, 0.1) is 13.0 Å². The van der Waals surface area contributed by atoms with E-state index in [0.717, 1.165) is 42.8 Å². The summed E-state index contributed by atoms with van der Waals surface area (Å²) in [7, 11) is 0. The molecule has 0 spiro atoms. The number of nitrogens with zero attached hydrogens (tertiary/aromatic N) is 2. The molecule has 44 heavy (non-hydrogen) atoms. The van der Waals surface area contributed by atoms with Gasteiger partial charge in [0.2, 0.25) is 17.7 Å². The number of nitrogens with one attached hydrogen (secondary N) is 3. The van der Waals surface area contributed by atoms with Crippen molar-refractivity contribution in [3.63, 3.8) is 0 Å². The number of carboxylic acid groups (broad SMARTS) is 1. The SMILES string of the molecule is C.Cc1nccn1CCCCc1ccc(CC(=O)N[C@@H](CO)C(=O)N[C@@H](CCCCN)C(=O)N[C@@H](CC(C)C)C(=O)O)cc1. The molecule has 0 aliphatic carbocycles. The zero-order chi connectivity index (χ0) is 31.8. The van der Waals surface area contributed by atoms with Crippen LogP contribution in [0.5, 0.6) is 0 Å². The van der Waals surface area contributed by atoms with Gasteiger partial charge in [-0.1, -0.05) is 45.5 Å². The van der Waals surface area contributed by atoms with Crippen LogP contribution >= 0.6 is 0 Å². The number of nitrogens with two attached hydrogens (primary N) is 1. The highest BCUT2D eigenvalue weighted by atomic mass is 16.4. The molecule has 1 aromatic heterocycles. The molecule has 0 aliphatic rings. The van der Waals surface area contributed by atoms with E-state index in [-0.39, 0.29) is 32.6 Å². The number of imidazole rings is 1. The first-order chi connectivity index (χ1) is 20.5. The standard InChI is InChI=1S/C31H48N6O6.CH4/c1-21(2)18-26(31(42)43)36-29(40)25(9-4-6-14-32)35-30(41)27(20-38)34-28(39)19-24-12-10-23(11-13-24)8-5-7-16-37-17-15-33-22(37)3;/h10-13,15,17,21,25-27,38H,4-9,14,16,18-20,32H2,1-3H3,(H,34,39)(H,35,41)(H,36,40)(H,42,43);1H4/t25-,26-,27-;/m0./s1. The van der Waals surface area contributed by atoms with Gasteiger partial charge >= 0.3 is 5.97 Å². The zero-order valence-electron chi connectivity index (χ0n) is 25.6. The molecule has 12 heteroatoms. The van der Waals surface area contributed by atoms with E-state index in [1.807, 2.05) is 51.2 Å². The minimum Gasteiger partial charge on any atom is -0.480 e. The van der Waals surface area contributed by atoms with Crippen molar-refractivity contribution in [1.29, 1.82) is 0 Å².